The third-order valence-electron chi connectivity index (χ3n) is 1.50. The molecule has 0 saturated carbocycles. The first kappa shape index (κ1) is 18.7. The molecule has 0 amide bonds. The van der Waals surface area contributed by atoms with Crippen LogP contribution in [-0.2, 0) is 0 Å². The van der Waals surface area contributed by atoms with Gasteiger partial charge < -0.3 is 0 Å². The molecule has 0 N–H and O–H groups in total. The fourth-order valence-electron chi connectivity index (χ4n) is 0. The van der Waals surface area contributed by atoms with Crippen molar-refractivity contribution >= 4 is 11.6 Å². The number of alkyl halides is 1. The highest BCUT2D eigenvalue weighted by molar-refractivity contribution is 6.21. The number of rotatable bonds is 2. The Bertz CT molecular complexity index is 93.3. The first-order chi connectivity index (χ1) is 5.91. The minimum atomic E-state index is 0.130. The van der Waals surface area contributed by atoms with E-state index in [2.05, 4.69) is 27.4 Å². The van der Waals surface area contributed by atoms with E-state index >= 15 is 0 Å². The highest BCUT2D eigenvalue weighted by Gasteiger charge is 1.90. The first-order valence-corrected chi connectivity index (χ1v) is 5.64. The van der Waals surface area contributed by atoms with Gasteiger partial charge in [0.1, 0.15) is 0 Å². The van der Waals surface area contributed by atoms with Crippen LogP contribution in [0, 0.1) is 5.92 Å². The van der Waals surface area contributed by atoms with Gasteiger partial charge in [-0.05, 0) is 19.8 Å². The van der Waals surface area contributed by atoms with Crippen LogP contribution in [0.3, 0.4) is 0 Å². The quantitative estimate of drug-likeness (QED) is 0.427. The van der Waals surface area contributed by atoms with Crippen LogP contribution in [0.1, 0.15) is 54.9 Å². The zero-order chi connectivity index (χ0) is 11.4. The van der Waals surface area contributed by atoms with E-state index in [0.717, 1.165) is 11.5 Å². The summed E-state index contributed by atoms with van der Waals surface area (Å²) in [6.45, 7) is 18.1. The molecule has 1 unspecified atom stereocenters. The highest BCUT2D eigenvalue weighted by Crippen LogP contribution is 2.02. The van der Waals surface area contributed by atoms with Crippen molar-refractivity contribution in [2.24, 2.45) is 5.92 Å². The van der Waals surface area contributed by atoms with Gasteiger partial charge in [0.2, 0.25) is 0 Å². The maximum atomic E-state index is 5.51. The molecule has 82 valence electrons. The summed E-state index contributed by atoms with van der Waals surface area (Å²) in [5.41, 5.74) is 1.02. The Balaban J connectivity index is -0.000000131. The maximum absolute atomic E-state index is 5.51. The summed E-state index contributed by atoms with van der Waals surface area (Å²) in [7, 11) is 0. The Kier molecular flexibility index (Phi) is 21.0. The number of hydrogen-bond acceptors (Lipinski definition) is 0. The van der Waals surface area contributed by atoms with Gasteiger partial charge in [-0.1, -0.05) is 53.2 Å². The lowest BCUT2D eigenvalue weighted by molar-refractivity contribution is 0.626. The molecular formula is C12H27Cl. The van der Waals surface area contributed by atoms with E-state index in [1.54, 1.807) is 0 Å². The Morgan fingerprint density at radius 2 is 1.38 bits per heavy atom. The summed E-state index contributed by atoms with van der Waals surface area (Å²) in [4.78, 5) is 0. The van der Waals surface area contributed by atoms with Gasteiger partial charge in [-0.25, -0.2) is 0 Å². The first-order valence-electron chi connectivity index (χ1n) is 5.21. The van der Waals surface area contributed by atoms with Crippen LogP contribution in [0.15, 0.2) is 12.2 Å². The lowest BCUT2D eigenvalue weighted by atomic mass is 10.2. The van der Waals surface area contributed by atoms with E-state index in [1.165, 1.54) is 6.42 Å². The molecule has 0 fully saturated rings. The predicted octanol–water partition coefficient (Wildman–Crippen LogP) is 5.27. The minimum Gasteiger partial charge on any atom is -0.119 e. The molecule has 0 nitrogen and oxygen atoms in total. The van der Waals surface area contributed by atoms with Crippen molar-refractivity contribution < 1.29 is 0 Å². The molecule has 0 aromatic heterocycles. The molecule has 0 aliphatic heterocycles. The smallest absolute Gasteiger partial charge is 0.0511 e. The summed E-state index contributed by atoms with van der Waals surface area (Å²) >= 11 is 5.51. The largest absolute Gasteiger partial charge is 0.119 e. The second-order valence-electron chi connectivity index (χ2n) is 3.26. The summed E-state index contributed by atoms with van der Waals surface area (Å²) in [6, 6.07) is 0. The van der Waals surface area contributed by atoms with E-state index in [4.69, 9.17) is 11.6 Å². The molecule has 0 bridgehead atoms. The van der Waals surface area contributed by atoms with Gasteiger partial charge in [0.05, 0.1) is 5.38 Å². The zero-order valence-electron chi connectivity index (χ0n) is 10.4. The second-order valence-corrected chi connectivity index (χ2v) is 3.92. The Labute approximate surface area is 90.4 Å². The Hall–Kier alpha value is 0.0300. The molecule has 0 spiro atoms. The van der Waals surface area contributed by atoms with E-state index in [1.807, 2.05) is 27.7 Å². The van der Waals surface area contributed by atoms with Gasteiger partial charge >= 0.3 is 0 Å². The van der Waals surface area contributed by atoms with Crippen molar-refractivity contribution in [3.05, 3.63) is 12.2 Å². The van der Waals surface area contributed by atoms with Gasteiger partial charge in [-0.2, -0.15) is 0 Å². The van der Waals surface area contributed by atoms with E-state index < -0.39 is 0 Å². The summed E-state index contributed by atoms with van der Waals surface area (Å²) in [6.07, 6.45) is 1.31. The maximum Gasteiger partial charge on any atom is 0.0511 e. The van der Waals surface area contributed by atoms with Crippen molar-refractivity contribution in [3.63, 3.8) is 0 Å². The van der Waals surface area contributed by atoms with E-state index in [0.29, 0.717) is 0 Å². The molecule has 0 radical (unpaired) electrons. The molecule has 0 rings (SSSR count). The van der Waals surface area contributed by atoms with Gasteiger partial charge in [0.15, 0.2) is 0 Å². The second kappa shape index (κ2) is 14.5. The lowest BCUT2D eigenvalue weighted by Gasteiger charge is -1.94. The molecule has 1 heteroatoms. The average molecular weight is 207 g/mol. The van der Waals surface area contributed by atoms with Crippen LogP contribution in [0.4, 0.5) is 0 Å². The molecule has 0 aromatic rings. The molecule has 0 saturated heterocycles. The third kappa shape index (κ3) is 33.3. The molecule has 0 aliphatic carbocycles. The summed E-state index contributed by atoms with van der Waals surface area (Å²) in [5.74, 6) is 0.884. The summed E-state index contributed by atoms with van der Waals surface area (Å²) in [5, 5.41) is 0.130. The number of halogens is 1. The van der Waals surface area contributed by atoms with Gasteiger partial charge in [-0.15, -0.1) is 11.6 Å². The van der Waals surface area contributed by atoms with Gasteiger partial charge in [-0.3, -0.25) is 0 Å². The van der Waals surface area contributed by atoms with Crippen LogP contribution in [0.5, 0.6) is 0 Å². The van der Waals surface area contributed by atoms with Crippen LogP contribution in [-0.4, -0.2) is 5.38 Å². The average Bonchev–Trinajstić information content (AvgIpc) is 2.09. The minimum absolute atomic E-state index is 0.130. The Morgan fingerprint density at radius 1 is 1.23 bits per heavy atom. The van der Waals surface area contributed by atoms with Crippen molar-refractivity contribution in [2.45, 2.75) is 60.3 Å². The number of hydrogen-bond donors (Lipinski definition) is 0. The summed E-state index contributed by atoms with van der Waals surface area (Å²) < 4.78 is 0. The predicted molar refractivity (Wildman–Crippen MR) is 66.6 cm³/mol. The lowest BCUT2D eigenvalue weighted by Crippen LogP contribution is -1.87. The van der Waals surface area contributed by atoms with E-state index in [9.17, 15) is 0 Å². The molecule has 13 heavy (non-hydrogen) atoms. The molecule has 1 atom stereocenters. The topological polar surface area (TPSA) is 0 Å². The van der Waals surface area contributed by atoms with Crippen LogP contribution in [0.25, 0.3) is 0 Å². The molecule has 0 heterocycles. The fourth-order valence-corrected chi connectivity index (χ4v) is 0. The van der Waals surface area contributed by atoms with E-state index in [-0.39, 0.29) is 5.38 Å². The van der Waals surface area contributed by atoms with Crippen molar-refractivity contribution in [1.82, 2.24) is 0 Å². The normalized spacial score (nSPS) is 10.5. The SMILES string of the molecule is C=C(C)C(C)Cl.CC.CCC(C)C. The highest BCUT2D eigenvalue weighted by atomic mass is 35.5. The van der Waals surface area contributed by atoms with Crippen LogP contribution >= 0.6 is 11.6 Å². The van der Waals surface area contributed by atoms with Crippen LogP contribution < -0.4 is 0 Å². The van der Waals surface area contributed by atoms with Crippen molar-refractivity contribution in [2.75, 3.05) is 0 Å². The van der Waals surface area contributed by atoms with Crippen molar-refractivity contribution in [3.8, 4) is 0 Å². The molecule has 0 aliphatic rings. The third-order valence-corrected chi connectivity index (χ3v) is 1.87. The zero-order valence-corrected chi connectivity index (χ0v) is 11.2. The van der Waals surface area contributed by atoms with Gasteiger partial charge in [0, 0.05) is 0 Å². The molecule has 0 aromatic carbocycles. The van der Waals surface area contributed by atoms with Gasteiger partial charge in [0.25, 0.3) is 0 Å². The monoisotopic (exact) mass is 206 g/mol. The standard InChI is InChI=1S/C5H9Cl.C5H12.C2H6/c1-4(2)5(3)6;1-4-5(2)3;1-2/h5H,1H2,2-3H3;5H,4H2,1-3H3;1-2H3. The fraction of sp³-hybridized carbons (Fsp3) is 0.833. The Morgan fingerprint density at radius 3 is 1.38 bits per heavy atom. The van der Waals surface area contributed by atoms with Crippen molar-refractivity contribution in [1.29, 1.82) is 0 Å². The molecular weight excluding hydrogens is 180 g/mol. The van der Waals surface area contributed by atoms with Crippen LogP contribution in [0.2, 0.25) is 0 Å². The number of allylic oxidation sites excluding steroid dienone is 1.